The summed E-state index contributed by atoms with van der Waals surface area (Å²) in [6, 6.07) is 16.6. The van der Waals surface area contributed by atoms with Crippen molar-refractivity contribution < 1.29 is 4.79 Å². The first-order valence-corrected chi connectivity index (χ1v) is 10.1. The third-order valence-corrected chi connectivity index (χ3v) is 5.96. The lowest BCUT2D eigenvalue weighted by atomic mass is 9.96. The van der Waals surface area contributed by atoms with E-state index in [-0.39, 0.29) is 11.8 Å². The van der Waals surface area contributed by atoms with Gasteiger partial charge in [0.15, 0.2) is 0 Å². The maximum absolute atomic E-state index is 12.4. The first-order chi connectivity index (χ1) is 12.8. The summed E-state index contributed by atoms with van der Waals surface area (Å²) in [5.74, 6) is 1.34. The molecule has 0 atom stereocenters. The monoisotopic (exact) mass is 365 g/mol. The standard InChI is InChI=1S/C21H23N3OS/c25-21(22-12-9-18-5-3-15-26-18)17-10-13-24(14-11-17)20-8-7-16-4-1-2-6-19(16)23-20/h1-8,15,17H,9-14H2,(H,22,25). The van der Waals surface area contributed by atoms with Gasteiger partial charge in [-0.3, -0.25) is 4.79 Å². The van der Waals surface area contributed by atoms with E-state index in [9.17, 15) is 4.79 Å². The fourth-order valence-corrected chi connectivity index (χ4v) is 4.22. The molecule has 1 aromatic carbocycles. The minimum absolute atomic E-state index is 0.120. The summed E-state index contributed by atoms with van der Waals surface area (Å²) < 4.78 is 0. The number of nitrogens with one attached hydrogen (secondary N) is 1. The van der Waals surface area contributed by atoms with Crippen LogP contribution in [0.3, 0.4) is 0 Å². The number of carbonyl (C=O) groups is 1. The predicted molar refractivity (Wildman–Crippen MR) is 108 cm³/mol. The van der Waals surface area contributed by atoms with Crippen molar-refractivity contribution in [3.8, 4) is 0 Å². The van der Waals surface area contributed by atoms with Crippen molar-refractivity contribution in [3.05, 3.63) is 58.8 Å². The molecule has 0 saturated carbocycles. The average molecular weight is 366 g/mol. The Morgan fingerprint density at radius 2 is 1.96 bits per heavy atom. The van der Waals surface area contributed by atoms with Crippen LogP contribution in [0.1, 0.15) is 17.7 Å². The predicted octanol–water partition coefficient (Wildman–Crippen LogP) is 3.87. The van der Waals surface area contributed by atoms with Crippen molar-refractivity contribution in [2.24, 2.45) is 5.92 Å². The zero-order valence-electron chi connectivity index (χ0n) is 14.7. The van der Waals surface area contributed by atoms with Gasteiger partial charge in [-0.25, -0.2) is 4.98 Å². The zero-order valence-corrected chi connectivity index (χ0v) is 15.5. The lowest BCUT2D eigenvalue weighted by Crippen LogP contribution is -2.41. The molecular formula is C21H23N3OS. The van der Waals surface area contributed by atoms with Crippen molar-refractivity contribution in [2.45, 2.75) is 19.3 Å². The molecule has 1 aliphatic rings. The van der Waals surface area contributed by atoms with Crippen molar-refractivity contribution in [3.63, 3.8) is 0 Å². The molecule has 0 bridgehead atoms. The second kappa shape index (κ2) is 7.87. The minimum atomic E-state index is 0.120. The van der Waals surface area contributed by atoms with Gasteiger partial charge in [0.2, 0.25) is 5.91 Å². The number of hydrogen-bond donors (Lipinski definition) is 1. The van der Waals surface area contributed by atoms with Crippen LogP contribution in [0.2, 0.25) is 0 Å². The summed E-state index contributed by atoms with van der Waals surface area (Å²) in [5.41, 5.74) is 1.03. The largest absolute Gasteiger partial charge is 0.357 e. The van der Waals surface area contributed by atoms with E-state index in [4.69, 9.17) is 4.98 Å². The summed E-state index contributed by atoms with van der Waals surface area (Å²) in [5, 5.41) is 6.34. The van der Waals surface area contributed by atoms with Gasteiger partial charge >= 0.3 is 0 Å². The number of pyridine rings is 1. The first kappa shape index (κ1) is 17.0. The third kappa shape index (κ3) is 3.88. The van der Waals surface area contributed by atoms with Crippen LogP contribution >= 0.6 is 11.3 Å². The van der Waals surface area contributed by atoms with E-state index < -0.39 is 0 Å². The molecular weight excluding hydrogens is 342 g/mol. The van der Waals surface area contributed by atoms with Gasteiger partial charge in [-0.05, 0) is 48.9 Å². The summed E-state index contributed by atoms with van der Waals surface area (Å²) >= 11 is 1.74. The number of para-hydroxylation sites is 1. The fourth-order valence-electron chi connectivity index (χ4n) is 3.51. The number of piperidine rings is 1. The molecule has 0 radical (unpaired) electrons. The second-order valence-corrected chi connectivity index (χ2v) is 7.78. The van der Waals surface area contributed by atoms with Gasteiger partial charge in [0, 0.05) is 35.8 Å². The van der Waals surface area contributed by atoms with Gasteiger partial charge in [-0.1, -0.05) is 24.3 Å². The highest BCUT2D eigenvalue weighted by Gasteiger charge is 2.25. The normalized spacial score (nSPS) is 15.3. The van der Waals surface area contributed by atoms with E-state index in [1.807, 2.05) is 18.2 Å². The van der Waals surface area contributed by atoms with Gasteiger partial charge < -0.3 is 10.2 Å². The second-order valence-electron chi connectivity index (χ2n) is 6.74. The molecule has 1 fully saturated rings. The van der Waals surface area contributed by atoms with Crippen molar-refractivity contribution in [1.82, 2.24) is 10.3 Å². The number of carbonyl (C=O) groups excluding carboxylic acids is 1. The molecule has 2 aromatic heterocycles. The first-order valence-electron chi connectivity index (χ1n) is 9.20. The van der Waals surface area contributed by atoms with Crippen molar-refractivity contribution in [1.29, 1.82) is 0 Å². The van der Waals surface area contributed by atoms with E-state index in [1.54, 1.807) is 11.3 Å². The number of rotatable bonds is 5. The molecule has 4 nitrogen and oxygen atoms in total. The Kier molecular flexibility index (Phi) is 5.16. The Morgan fingerprint density at radius 1 is 1.12 bits per heavy atom. The minimum Gasteiger partial charge on any atom is -0.357 e. The van der Waals surface area contributed by atoms with Crippen LogP contribution in [0.25, 0.3) is 10.9 Å². The van der Waals surface area contributed by atoms with E-state index in [0.717, 1.165) is 55.6 Å². The molecule has 3 aromatic rings. The summed E-state index contributed by atoms with van der Waals surface area (Å²) in [4.78, 5) is 20.8. The van der Waals surface area contributed by atoms with Crippen LogP contribution in [-0.4, -0.2) is 30.5 Å². The maximum atomic E-state index is 12.4. The van der Waals surface area contributed by atoms with Gasteiger partial charge in [0.05, 0.1) is 5.52 Å². The quantitative estimate of drug-likeness (QED) is 0.746. The third-order valence-electron chi connectivity index (χ3n) is 5.02. The fraction of sp³-hybridized carbons (Fsp3) is 0.333. The Bertz CT molecular complexity index is 870. The molecule has 0 aliphatic carbocycles. The van der Waals surface area contributed by atoms with Crippen molar-refractivity contribution >= 4 is 34.0 Å². The van der Waals surface area contributed by atoms with Gasteiger partial charge in [-0.15, -0.1) is 11.3 Å². The van der Waals surface area contributed by atoms with E-state index in [1.165, 1.54) is 4.88 Å². The zero-order chi connectivity index (χ0) is 17.8. The van der Waals surface area contributed by atoms with Gasteiger partial charge in [0.1, 0.15) is 5.82 Å². The Balaban J connectivity index is 1.29. The number of fused-ring (bicyclic) bond motifs is 1. The number of amides is 1. The lowest BCUT2D eigenvalue weighted by molar-refractivity contribution is -0.125. The number of hydrogen-bond acceptors (Lipinski definition) is 4. The molecule has 1 amide bonds. The summed E-state index contributed by atoms with van der Waals surface area (Å²) in [6.45, 7) is 2.49. The Morgan fingerprint density at radius 3 is 2.77 bits per heavy atom. The Labute approximate surface area is 157 Å². The molecule has 3 heterocycles. The van der Waals surface area contributed by atoms with Crippen LogP contribution in [0.15, 0.2) is 53.9 Å². The number of aromatic nitrogens is 1. The molecule has 1 aliphatic heterocycles. The van der Waals surface area contributed by atoms with Gasteiger partial charge in [-0.2, -0.15) is 0 Å². The molecule has 0 unspecified atom stereocenters. The molecule has 4 rings (SSSR count). The molecule has 1 N–H and O–H groups in total. The molecule has 1 saturated heterocycles. The maximum Gasteiger partial charge on any atom is 0.223 e. The molecule has 134 valence electrons. The van der Waals surface area contributed by atoms with E-state index in [0.29, 0.717) is 0 Å². The van der Waals surface area contributed by atoms with Crippen LogP contribution in [0.4, 0.5) is 5.82 Å². The Hall–Kier alpha value is -2.40. The number of nitrogens with zero attached hydrogens (tertiary/aromatic N) is 2. The summed E-state index contributed by atoms with van der Waals surface area (Å²) in [7, 11) is 0. The van der Waals surface area contributed by atoms with Crippen molar-refractivity contribution in [2.75, 3.05) is 24.5 Å². The molecule has 26 heavy (non-hydrogen) atoms. The molecule has 5 heteroatoms. The van der Waals surface area contributed by atoms with Crippen LogP contribution in [0.5, 0.6) is 0 Å². The van der Waals surface area contributed by atoms with Crippen LogP contribution in [-0.2, 0) is 11.2 Å². The number of thiophene rings is 1. The van der Waals surface area contributed by atoms with Crippen LogP contribution < -0.4 is 10.2 Å². The van der Waals surface area contributed by atoms with Gasteiger partial charge in [0.25, 0.3) is 0 Å². The SMILES string of the molecule is O=C(NCCc1cccs1)C1CCN(c2ccc3ccccc3n2)CC1. The average Bonchev–Trinajstić information content (AvgIpc) is 3.21. The van der Waals surface area contributed by atoms with E-state index in [2.05, 4.69) is 45.9 Å². The molecule has 0 spiro atoms. The topological polar surface area (TPSA) is 45.2 Å². The number of benzene rings is 1. The lowest BCUT2D eigenvalue weighted by Gasteiger charge is -2.32. The number of anilines is 1. The summed E-state index contributed by atoms with van der Waals surface area (Å²) in [6.07, 6.45) is 2.70. The highest BCUT2D eigenvalue weighted by molar-refractivity contribution is 7.09. The highest BCUT2D eigenvalue weighted by atomic mass is 32.1. The van der Waals surface area contributed by atoms with E-state index >= 15 is 0 Å². The smallest absolute Gasteiger partial charge is 0.223 e. The van der Waals surface area contributed by atoms with Crippen LogP contribution in [0, 0.1) is 5.92 Å². The highest BCUT2D eigenvalue weighted by Crippen LogP contribution is 2.24.